The lowest BCUT2D eigenvalue weighted by Crippen LogP contribution is -2.50. The van der Waals surface area contributed by atoms with Crippen LogP contribution in [0.3, 0.4) is 0 Å². The Balaban J connectivity index is 2.00. The van der Waals surface area contributed by atoms with Crippen molar-refractivity contribution in [2.24, 2.45) is 17.1 Å². The lowest BCUT2D eigenvalue weighted by molar-refractivity contribution is -0.149. The highest BCUT2D eigenvalue weighted by Gasteiger charge is 2.46. The SMILES string of the molecule is CC1(C(=O)O)CCCC1NC(=O)C1CCCC1N. The van der Waals surface area contributed by atoms with Crippen molar-refractivity contribution in [2.75, 3.05) is 0 Å². The van der Waals surface area contributed by atoms with Crippen LogP contribution in [0, 0.1) is 11.3 Å². The zero-order valence-electron chi connectivity index (χ0n) is 10.8. The van der Waals surface area contributed by atoms with Crippen LogP contribution in [0.4, 0.5) is 0 Å². The van der Waals surface area contributed by atoms with Gasteiger partial charge in [0.05, 0.1) is 11.3 Å². The van der Waals surface area contributed by atoms with Crippen molar-refractivity contribution in [1.29, 1.82) is 0 Å². The number of amides is 1. The van der Waals surface area contributed by atoms with Crippen molar-refractivity contribution in [2.45, 2.75) is 57.5 Å². The molecule has 0 heterocycles. The lowest BCUT2D eigenvalue weighted by atomic mass is 9.84. The van der Waals surface area contributed by atoms with Gasteiger partial charge >= 0.3 is 5.97 Å². The van der Waals surface area contributed by atoms with E-state index in [1.165, 1.54) is 0 Å². The third-order valence-corrected chi connectivity index (χ3v) is 4.67. The summed E-state index contributed by atoms with van der Waals surface area (Å²) in [5, 5.41) is 12.2. The Morgan fingerprint density at radius 1 is 1.28 bits per heavy atom. The van der Waals surface area contributed by atoms with Crippen LogP contribution in [0.25, 0.3) is 0 Å². The molecular formula is C13H22N2O3. The summed E-state index contributed by atoms with van der Waals surface area (Å²) < 4.78 is 0. The van der Waals surface area contributed by atoms with Crippen molar-refractivity contribution in [3.63, 3.8) is 0 Å². The lowest BCUT2D eigenvalue weighted by Gasteiger charge is -2.29. The van der Waals surface area contributed by atoms with Gasteiger partial charge in [-0.15, -0.1) is 0 Å². The highest BCUT2D eigenvalue weighted by Crippen LogP contribution is 2.38. The van der Waals surface area contributed by atoms with Gasteiger partial charge in [0.2, 0.25) is 5.91 Å². The molecule has 2 rings (SSSR count). The third-order valence-electron chi connectivity index (χ3n) is 4.67. The standard InChI is InChI=1S/C13H22N2O3/c1-13(12(17)18)7-3-6-10(13)15-11(16)8-4-2-5-9(8)14/h8-10H,2-7,14H2,1H3,(H,15,16)(H,17,18). The smallest absolute Gasteiger partial charge is 0.311 e. The molecule has 2 aliphatic rings. The van der Waals surface area contributed by atoms with Crippen LogP contribution in [-0.4, -0.2) is 29.1 Å². The summed E-state index contributed by atoms with van der Waals surface area (Å²) >= 11 is 0. The van der Waals surface area contributed by atoms with Crippen molar-refractivity contribution in [3.8, 4) is 0 Å². The van der Waals surface area contributed by atoms with Gasteiger partial charge in [-0.25, -0.2) is 0 Å². The normalized spacial score (nSPS) is 39.8. The van der Waals surface area contributed by atoms with E-state index in [2.05, 4.69) is 5.32 Å². The van der Waals surface area contributed by atoms with E-state index in [9.17, 15) is 14.7 Å². The molecule has 0 spiro atoms. The molecule has 0 aliphatic heterocycles. The molecule has 5 heteroatoms. The van der Waals surface area contributed by atoms with Gasteiger partial charge < -0.3 is 16.2 Å². The van der Waals surface area contributed by atoms with Crippen LogP contribution >= 0.6 is 0 Å². The van der Waals surface area contributed by atoms with Crippen LogP contribution in [0.1, 0.15) is 45.4 Å². The molecule has 4 unspecified atom stereocenters. The van der Waals surface area contributed by atoms with Crippen molar-refractivity contribution < 1.29 is 14.7 Å². The zero-order chi connectivity index (χ0) is 13.3. The van der Waals surface area contributed by atoms with Crippen molar-refractivity contribution in [1.82, 2.24) is 5.32 Å². The average Bonchev–Trinajstić information content (AvgIpc) is 2.87. The summed E-state index contributed by atoms with van der Waals surface area (Å²) in [5.41, 5.74) is 5.08. The number of carbonyl (C=O) groups is 2. The Morgan fingerprint density at radius 3 is 2.56 bits per heavy atom. The molecule has 4 N–H and O–H groups in total. The van der Waals surface area contributed by atoms with Crippen molar-refractivity contribution >= 4 is 11.9 Å². The first-order valence-corrected chi connectivity index (χ1v) is 6.74. The summed E-state index contributed by atoms with van der Waals surface area (Å²) in [5.74, 6) is -1.01. The molecule has 2 aliphatic carbocycles. The highest BCUT2D eigenvalue weighted by atomic mass is 16.4. The molecular weight excluding hydrogens is 232 g/mol. The van der Waals surface area contributed by atoms with E-state index in [1.54, 1.807) is 6.92 Å². The fourth-order valence-corrected chi connectivity index (χ4v) is 3.25. The molecule has 4 atom stereocenters. The van der Waals surface area contributed by atoms with Crippen molar-refractivity contribution in [3.05, 3.63) is 0 Å². The van der Waals surface area contributed by atoms with Crippen LogP contribution in [0.2, 0.25) is 0 Å². The maximum absolute atomic E-state index is 12.1. The van der Waals surface area contributed by atoms with Gasteiger partial charge in [-0.1, -0.05) is 12.8 Å². The number of nitrogens with one attached hydrogen (secondary N) is 1. The topological polar surface area (TPSA) is 92.4 Å². The number of rotatable bonds is 3. The van der Waals surface area contributed by atoms with Gasteiger partial charge in [0.15, 0.2) is 0 Å². The van der Waals surface area contributed by atoms with E-state index < -0.39 is 11.4 Å². The van der Waals surface area contributed by atoms with Crippen LogP contribution in [0.15, 0.2) is 0 Å². The van der Waals surface area contributed by atoms with Gasteiger partial charge in [-0.3, -0.25) is 9.59 Å². The largest absolute Gasteiger partial charge is 0.481 e. The van der Waals surface area contributed by atoms with E-state index in [0.717, 1.165) is 32.1 Å². The molecule has 102 valence electrons. The fourth-order valence-electron chi connectivity index (χ4n) is 3.25. The summed E-state index contributed by atoms with van der Waals surface area (Å²) in [4.78, 5) is 23.5. The molecule has 1 amide bonds. The highest BCUT2D eigenvalue weighted by molar-refractivity contribution is 5.82. The monoisotopic (exact) mass is 254 g/mol. The van der Waals surface area contributed by atoms with Gasteiger partial charge in [-0.2, -0.15) is 0 Å². The number of nitrogens with two attached hydrogens (primary N) is 1. The zero-order valence-corrected chi connectivity index (χ0v) is 10.8. The first kappa shape index (κ1) is 13.3. The third kappa shape index (κ3) is 2.23. The second-order valence-corrected chi connectivity index (χ2v) is 5.88. The first-order valence-electron chi connectivity index (χ1n) is 6.74. The number of hydrogen-bond donors (Lipinski definition) is 3. The minimum Gasteiger partial charge on any atom is -0.481 e. The quantitative estimate of drug-likeness (QED) is 0.697. The molecule has 0 bridgehead atoms. The molecule has 0 aromatic carbocycles. The second kappa shape index (κ2) is 4.88. The van der Waals surface area contributed by atoms with Gasteiger partial charge in [0.1, 0.15) is 0 Å². The fraction of sp³-hybridized carbons (Fsp3) is 0.846. The molecule has 5 nitrogen and oxygen atoms in total. The molecule has 0 aromatic rings. The predicted molar refractivity (Wildman–Crippen MR) is 66.8 cm³/mol. The van der Waals surface area contributed by atoms with E-state index in [4.69, 9.17) is 5.73 Å². The number of carboxylic acid groups (broad SMARTS) is 1. The van der Waals surface area contributed by atoms with Crippen LogP contribution in [0.5, 0.6) is 0 Å². The molecule has 0 aromatic heterocycles. The Bertz CT molecular complexity index is 358. The summed E-state index contributed by atoms with van der Waals surface area (Å²) in [6, 6.07) is -0.321. The van der Waals surface area contributed by atoms with Gasteiger partial charge in [0, 0.05) is 12.1 Å². The number of carboxylic acids is 1. The van der Waals surface area contributed by atoms with Crippen LogP contribution < -0.4 is 11.1 Å². The van der Waals surface area contributed by atoms with E-state index >= 15 is 0 Å². The summed E-state index contributed by atoms with van der Waals surface area (Å²) in [6.07, 6.45) is 4.92. The minimum absolute atomic E-state index is 0.0561. The number of carbonyl (C=O) groups excluding carboxylic acids is 1. The predicted octanol–water partition coefficient (Wildman–Crippen LogP) is 0.873. The average molecular weight is 254 g/mol. The summed E-state index contributed by atoms with van der Waals surface area (Å²) in [6.45, 7) is 1.72. The van der Waals surface area contributed by atoms with E-state index in [0.29, 0.717) is 6.42 Å². The molecule has 2 saturated carbocycles. The van der Waals surface area contributed by atoms with E-state index in [-0.39, 0.29) is 23.9 Å². The minimum atomic E-state index is -0.821. The Hall–Kier alpha value is -1.10. The number of hydrogen-bond acceptors (Lipinski definition) is 3. The Morgan fingerprint density at radius 2 is 2.00 bits per heavy atom. The molecule has 0 radical (unpaired) electrons. The second-order valence-electron chi connectivity index (χ2n) is 5.88. The molecule has 18 heavy (non-hydrogen) atoms. The number of aliphatic carboxylic acids is 1. The Labute approximate surface area is 107 Å². The first-order chi connectivity index (χ1) is 8.45. The van der Waals surface area contributed by atoms with Gasteiger partial charge in [-0.05, 0) is 32.6 Å². The van der Waals surface area contributed by atoms with Gasteiger partial charge in [0.25, 0.3) is 0 Å². The maximum atomic E-state index is 12.1. The maximum Gasteiger partial charge on any atom is 0.311 e. The molecule has 0 saturated heterocycles. The Kier molecular flexibility index (Phi) is 3.61. The van der Waals surface area contributed by atoms with E-state index in [1.807, 2.05) is 0 Å². The molecule has 2 fully saturated rings. The van der Waals surface area contributed by atoms with Crippen LogP contribution in [-0.2, 0) is 9.59 Å². The summed E-state index contributed by atoms with van der Waals surface area (Å²) in [7, 11) is 0.